The van der Waals surface area contributed by atoms with E-state index in [1.807, 2.05) is 13.8 Å². The SMILES string of the molecule is COC(=O)C1=C(C)NC2=C(C(=O)C(C)(C)CC2)C1c1ccc(F)c(F)c1. The highest BCUT2D eigenvalue weighted by Crippen LogP contribution is 2.47. The quantitative estimate of drug-likeness (QED) is 0.816. The van der Waals surface area contributed by atoms with Gasteiger partial charge in [-0.3, -0.25) is 4.79 Å². The smallest absolute Gasteiger partial charge is 0.336 e. The molecule has 0 amide bonds. The number of benzene rings is 1. The van der Waals surface area contributed by atoms with Crippen molar-refractivity contribution in [2.75, 3.05) is 7.11 Å². The van der Waals surface area contributed by atoms with Crippen LogP contribution in [0.3, 0.4) is 0 Å². The Kier molecular flexibility index (Phi) is 4.46. The van der Waals surface area contributed by atoms with Gasteiger partial charge in [0.15, 0.2) is 17.4 Å². The van der Waals surface area contributed by atoms with Crippen LogP contribution in [-0.2, 0) is 14.3 Å². The van der Waals surface area contributed by atoms with Crippen LogP contribution in [0.1, 0.15) is 45.1 Å². The number of nitrogens with one attached hydrogen (secondary N) is 1. The third-order valence-electron chi connectivity index (χ3n) is 5.19. The third-order valence-corrected chi connectivity index (χ3v) is 5.19. The van der Waals surface area contributed by atoms with Crippen LogP contribution in [-0.4, -0.2) is 18.9 Å². The van der Waals surface area contributed by atoms with Gasteiger partial charge in [0.2, 0.25) is 0 Å². The van der Waals surface area contributed by atoms with Crippen molar-refractivity contribution in [3.63, 3.8) is 0 Å². The zero-order valence-electron chi connectivity index (χ0n) is 15.2. The number of dihydropyridines is 1. The first kappa shape index (κ1) is 18.3. The van der Waals surface area contributed by atoms with Crippen LogP contribution in [0.2, 0.25) is 0 Å². The van der Waals surface area contributed by atoms with Gasteiger partial charge in [-0.1, -0.05) is 19.9 Å². The van der Waals surface area contributed by atoms with E-state index in [-0.39, 0.29) is 11.4 Å². The van der Waals surface area contributed by atoms with E-state index in [4.69, 9.17) is 4.74 Å². The molecule has 1 N–H and O–H groups in total. The van der Waals surface area contributed by atoms with Gasteiger partial charge in [0, 0.05) is 28.3 Å². The van der Waals surface area contributed by atoms with Crippen LogP contribution >= 0.6 is 0 Å². The van der Waals surface area contributed by atoms with Crippen LogP contribution in [0, 0.1) is 17.0 Å². The summed E-state index contributed by atoms with van der Waals surface area (Å²) in [6, 6.07) is 3.46. The predicted octanol–water partition coefficient (Wildman–Crippen LogP) is 3.74. The molecule has 0 spiro atoms. The fraction of sp³-hybridized carbons (Fsp3) is 0.400. The summed E-state index contributed by atoms with van der Waals surface area (Å²) in [4.78, 5) is 25.6. The molecule has 1 aliphatic heterocycles. The average molecular weight is 361 g/mol. The summed E-state index contributed by atoms with van der Waals surface area (Å²) in [6.07, 6.45) is 1.31. The van der Waals surface area contributed by atoms with Crippen molar-refractivity contribution in [2.24, 2.45) is 5.41 Å². The summed E-state index contributed by atoms with van der Waals surface area (Å²) >= 11 is 0. The lowest BCUT2D eigenvalue weighted by molar-refractivity contribution is -0.136. The molecule has 0 radical (unpaired) electrons. The van der Waals surface area contributed by atoms with Gasteiger partial charge >= 0.3 is 5.97 Å². The number of esters is 1. The molecule has 1 heterocycles. The summed E-state index contributed by atoms with van der Waals surface area (Å²) in [6.45, 7) is 5.42. The molecule has 6 heteroatoms. The first-order chi connectivity index (χ1) is 12.2. The van der Waals surface area contributed by atoms with Crippen molar-refractivity contribution < 1.29 is 23.1 Å². The fourth-order valence-electron chi connectivity index (χ4n) is 3.68. The molecule has 1 unspecified atom stereocenters. The number of rotatable bonds is 2. The van der Waals surface area contributed by atoms with E-state index in [1.54, 1.807) is 6.92 Å². The largest absolute Gasteiger partial charge is 0.466 e. The summed E-state index contributed by atoms with van der Waals surface area (Å²) in [5, 5.41) is 3.15. The molecule has 0 saturated carbocycles. The Hall–Kier alpha value is -2.50. The molecule has 1 atom stereocenters. The molecular formula is C20H21F2NO3. The van der Waals surface area contributed by atoms with Crippen LogP contribution < -0.4 is 5.32 Å². The minimum absolute atomic E-state index is 0.102. The molecule has 0 fully saturated rings. The molecule has 3 rings (SSSR count). The topological polar surface area (TPSA) is 55.4 Å². The maximum Gasteiger partial charge on any atom is 0.336 e. The average Bonchev–Trinajstić information content (AvgIpc) is 2.59. The second kappa shape index (κ2) is 6.34. The van der Waals surface area contributed by atoms with Gasteiger partial charge in [-0.2, -0.15) is 0 Å². The Morgan fingerprint density at radius 3 is 2.58 bits per heavy atom. The maximum absolute atomic E-state index is 13.9. The monoisotopic (exact) mass is 361 g/mol. The highest BCUT2D eigenvalue weighted by atomic mass is 19.2. The van der Waals surface area contributed by atoms with E-state index in [2.05, 4.69) is 5.32 Å². The molecule has 0 bridgehead atoms. The van der Waals surface area contributed by atoms with Crippen molar-refractivity contribution in [2.45, 2.75) is 39.5 Å². The van der Waals surface area contributed by atoms with Gasteiger partial charge in [-0.25, -0.2) is 13.6 Å². The van der Waals surface area contributed by atoms with E-state index in [0.717, 1.165) is 17.8 Å². The van der Waals surface area contributed by atoms with E-state index in [9.17, 15) is 18.4 Å². The summed E-state index contributed by atoms with van der Waals surface area (Å²) in [7, 11) is 1.25. The van der Waals surface area contributed by atoms with E-state index >= 15 is 0 Å². The predicted molar refractivity (Wildman–Crippen MR) is 92.0 cm³/mol. The maximum atomic E-state index is 13.9. The number of carbonyl (C=O) groups excluding carboxylic acids is 2. The number of halogens is 2. The molecule has 2 aliphatic rings. The van der Waals surface area contributed by atoms with Crippen LogP contribution in [0.5, 0.6) is 0 Å². The van der Waals surface area contributed by atoms with Crippen molar-refractivity contribution in [1.82, 2.24) is 5.32 Å². The van der Waals surface area contributed by atoms with Crippen LogP contribution in [0.25, 0.3) is 0 Å². The summed E-state index contributed by atoms with van der Waals surface area (Å²) in [5.41, 5.74) is 1.71. The van der Waals surface area contributed by atoms with Crippen LogP contribution in [0.15, 0.2) is 40.7 Å². The van der Waals surface area contributed by atoms with Gasteiger partial charge in [0.25, 0.3) is 0 Å². The fourth-order valence-corrected chi connectivity index (χ4v) is 3.68. The molecule has 0 aromatic heterocycles. The highest BCUT2D eigenvalue weighted by Gasteiger charge is 2.45. The second-order valence-corrected chi connectivity index (χ2v) is 7.37. The van der Waals surface area contributed by atoms with Gasteiger partial charge < -0.3 is 10.1 Å². The molecular weight excluding hydrogens is 340 g/mol. The number of carbonyl (C=O) groups is 2. The minimum atomic E-state index is -1.02. The molecule has 4 nitrogen and oxygen atoms in total. The summed E-state index contributed by atoms with van der Waals surface area (Å²) in [5.74, 6) is -3.50. The molecule has 26 heavy (non-hydrogen) atoms. The number of methoxy groups -OCH3 is 1. The second-order valence-electron chi connectivity index (χ2n) is 7.37. The Bertz CT molecular complexity index is 868. The number of allylic oxidation sites excluding steroid dienone is 3. The molecule has 1 aromatic rings. The molecule has 1 aromatic carbocycles. The van der Waals surface area contributed by atoms with E-state index in [1.165, 1.54) is 13.2 Å². The zero-order valence-corrected chi connectivity index (χ0v) is 15.2. The number of hydrogen-bond acceptors (Lipinski definition) is 4. The third kappa shape index (κ3) is 2.83. The highest BCUT2D eigenvalue weighted by molar-refractivity contribution is 6.06. The lowest BCUT2D eigenvalue weighted by Gasteiger charge is -2.39. The normalized spacial score (nSPS) is 22.1. The lowest BCUT2D eigenvalue weighted by atomic mass is 9.67. The lowest BCUT2D eigenvalue weighted by Crippen LogP contribution is -2.40. The van der Waals surface area contributed by atoms with E-state index in [0.29, 0.717) is 29.7 Å². The first-order valence-electron chi connectivity index (χ1n) is 8.46. The summed E-state index contributed by atoms with van der Waals surface area (Å²) < 4.78 is 32.2. The van der Waals surface area contributed by atoms with Gasteiger partial charge in [-0.15, -0.1) is 0 Å². The number of ketones is 1. The number of ether oxygens (including phenoxy) is 1. The molecule has 138 valence electrons. The Morgan fingerprint density at radius 2 is 1.96 bits per heavy atom. The molecule has 0 saturated heterocycles. The Labute approximate surface area is 150 Å². The number of Topliss-reactive ketones (excluding diaryl/α,β-unsaturated/α-hetero) is 1. The van der Waals surface area contributed by atoms with Gasteiger partial charge in [0.1, 0.15) is 0 Å². The zero-order chi connectivity index (χ0) is 19.2. The van der Waals surface area contributed by atoms with Crippen molar-refractivity contribution in [3.05, 3.63) is 57.9 Å². The van der Waals surface area contributed by atoms with Crippen molar-refractivity contribution in [3.8, 4) is 0 Å². The Balaban J connectivity index is 2.24. The standard InChI is InChI=1S/C20H21F2NO3/c1-10-15(19(25)26-4)16(11-5-6-12(21)13(22)9-11)17-14(23-10)7-8-20(2,3)18(17)24/h5-6,9,16,23H,7-8H2,1-4H3. The first-order valence-corrected chi connectivity index (χ1v) is 8.46. The van der Waals surface area contributed by atoms with Crippen LogP contribution in [0.4, 0.5) is 8.78 Å². The van der Waals surface area contributed by atoms with Gasteiger partial charge in [0.05, 0.1) is 12.7 Å². The van der Waals surface area contributed by atoms with Gasteiger partial charge in [-0.05, 0) is 37.5 Å². The number of hydrogen-bond donors (Lipinski definition) is 1. The van der Waals surface area contributed by atoms with Crippen molar-refractivity contribution >= 4 is 11.8 Å². The van der Waals surface area contributed by atoms with Crippen molar-refractivity contribution in [1.29, 1.82) is 0 Å². The molecule has 1 aliphatic carbocycles. The van der Waals surface area contributed by atoms with E-state index < -0.39 is 28.9 Å². The minimum Gasteiger partial charge on any atom is -0.466 e. The Morgan fingerprint density at radius 1 is 1.27 bits per heavy atom.